The van der Waals surface area contributed by atoms with Crippen molar-refractivity contribution in [3.63, 3.8) is 0 Å². The third-order valence-corrected chi connectivity index (χ3v) is 5.52. The van der Waals surface area contributed by atoms with Crippen LogP contribution in [0.25, 0.3) is 27.8 Å². The lowest BCUT2D eigenvalue weighted by atomic mass is 10.1. The molecule has 0 saturated heterocycles. The number of carbonyl (C=O) groups excluding carboxylic acids is 1. The molecule has 0 unspecified atom stereocenters. The van der Waals surface area contributed by atoms with Crippen molar-refractivity contribution in [3.8, 4) is 17.3 Å². The average Bonchev–Trinajstić information content (AvgIpc) is 3.29. The van der Waals surface area contributed by atoms with E-state index >= 15 is 0 Å². The Morgan fingerprint density at radius 3 is 2.62 bits per heavy atom. The first-order chi connectivity index (χ1) is 16.3. The number of carbonyl (C=O) groups is 1. The molecule has 0 fully saturated rings. The van der Waals surface area contributed by atoms with Crippen LogP contribution in [0.2, 0.25) is 0 Å². The second-order valence-electron chi connectivity index (χ2n) is 7.04. The average molecular weight is 473 g/mol. The second kappa shape index (κ2) is 9.35. The molecular formula is C23H15N5O5S. The molecule has 2 aromatic heterocycles. The van der Waals surface area contributed by atoms with Gasteiger partial charge in [0.15, 0.2) is 0 Å². The Labute approximate surface area is 195 Å². The number of hydrogen-bond acceptors (Lipinski definition) is 9. The van der Waals surface area contributed by atoms with Gasteiger partial charge in [-0.2, -0.15) is 5.26 Å². The number of benzene rings is 2. The summed E-state index contributed by atoms with van der Waals surface area (Å²) in [4.78, 5) is 38.5. The molecule has 0 saturated carbocycles. The summed E-state index contributed by atoms with van der Waals surface area (Å²) in [6, 6.07) is 14.4. The van der Waals surface area contributed by atoms with Gasteiger partial charge < -0.3 is 15.1 Å². The van der Waals surface area contributed by atoms with Crippen LogP contribution < -0.4 is 16.3 Å². The summed E-state index contributed by atoms with van der Waals surface area (Å²) >= 11 is 1.17. The number of nitriles is 1. The first kappa shape index (κ1) is 22.4. The van der Waals surface area contributed by atoms with Crippen LogP contribution in [0.3, 0.4) is 0 Å². The number of thiazole rings is 1. The van der Waals surface area contributed by atoms with Crippen molar-refractivity contribution in [3.05, 3.63) is 85.7 Å². The lowest BCUT2D eigenvalue weighted by Crippen LogP contribution is -2.05. The third kappa shape index (κ3) is 4.82. The molecule has 11 heteroatoms. The predicted octanol–water partition coefficient (Wildman–Crippen LogP) is 4.76. The standard InChI is InChI=1S/C23H15N5O5S/c1-13(29)26-17-4-2-16(3-5-17)25-11-15(10-24)22-27-20(12-34-22)19-9-14-8-18(28(31)32)6-7-21(14)33-23(19)30/h2-9,11-12,25H,1H3,(H,26,29)/b15-11+. The monoisotopic (exact) mass is 473 g/mol. The Morgan fingerprint density at radius 1 is 1.21 bits per heavy atom. The normalized spacial score (nSPS) is 11.1. The maximum Gasteiger partial charge on any atom is 0.345 e. The topological polar surface area (TPSA) is 151 Å². The Bertz CT molecular complexity index is 1550. The highest BCUT2D eigenvalue weighted by Gasteiger charge is 2.15. The highest BCUT2D eigenvalue weighted by atomic mass is 32.1. The van der Waals surface area contributed by atoms with Crippen LogP contribution >= 0.6 is 11.3 Å². The number of nitro groups is 1. The van der Waals surface area contributed by atoms with Crippen molar-refractivity contribution in [2.24, 2.45) is 0 Å². The summed E-state index contributed by atoms with van der Waals surface area (Å²) in [5.41, 5.74) is 1.46. The molecule has 2 N–H and O–H groups in total. The van der Waals surface area contributed by atoms with E-state index in [9.17, 15) is 25.0 Å². The smallest absolute Gasteiger partial charge is 0.345 e. The fraction of sp³-hybridized carbons (Fsp3) is 0.0435. The number of nitrogens with one attached hydrogen (secondary N) is 2. The minimum Gasteiger partial charge on any atom is -0.422 e. The van der Waals surface area contributed by atoms with Gasteiger partial charge in [-0.3, -0.25) is 14.9 Å². The maximum absolute atomic E-state index is 12.5. The van der Waals surface area contributed by atoms with Gasteiger partial charge in [-0.25, -0.2) is 9.78 Å². The van der Waals surface area contributed by atoms with Crippen LogP contribution in [-0.2, 0) is 4.79 Å². The van der Waals surface area contributed by atoms with Crippen molar-refractivity contribution >= 4 is 50.8 Å². The molecule has 0 aliphatic rings. The van der Waals surface area contributed by atoms with E-state index in [4.69, 9.17) is 4.42 Å². The summed E-state index contributed by atoms with van der Waals surface area (Å²) in [7, 11) is 0. The molecule has 0 radical (unpaired) electrons. The van der Waals surface area contributed by atoms with Gasteiger partial charge in [0.25, 0.3) is 5.69 Å². The highest BCUT2D eigenvalue weighted by Crippen LogP contribution is 2.28. The van der Waals surface area contributed by atoms with Crippen LogP contribution in [0.15, 0.2) is 69.3 Å². The van der Waals surface area contributed by atoms with Gasteiger partial charge >= 0.3 is 5.63 Å². The number of nitrogens with zero attached hydrogens (tertiary/aromatic N) is 3. The molecule has 0 bridgehead atoms. The van der Waals surface area contributed by atoms with E-state index in [1.54, 1.807) is 29.6 Å². The molecule has 2 aromatic carbocycles. The summed E-state index contributed by atoms with van der Waals surface area (Å²) in [6.07, 6.45) is 1.49. The molecule has 0 spiro atoms. The molecule has 4 rings (SSSR count). The minimum absolute atomic E-state index is 0.128. The van der Waals surface area contributed by atoms with Crippen LogP contribution in [-0.4, -0.2) is 15.8 Å². The van der Waals surface area contributed by atoms with Crippen molar-refractivity contribution in [2.75, 3.05) is 10.6 Å². The number of nitro benzene ring substituents is 1. The van der Waals surface area contributed by atoms with Crippen LogP contribution in [0, 0.1) is 21.4 Å². The second-order valence-corrected chi connectivity index (χ2v) is 7.90. The summed E-state index contributed by atoms with van der Waals surface area (Å²) in [5.74, 6) is -0.175. The van der Waals surface area contributed by atoms with Crippen molar-refractivity contribution in [1.29, 1.82) is 5.26 Å². The van der Waals surface area contributed by atoms with Crippen LogP contribution in [0.4, 0.5) is 17.1 Å². The van der Waals surface area contributed by atoms with E-state index < -0.39 is 10.5 Å². The first-order valence-corrected chi connectivity index (χ1v) is 10.6. The van der Waals surface area contributed by atoms with Gasteiger partial charge in [-0.1, -0.05) is 0 Å². The van der Waals surface area contributed by atoms with Gasteiger partial charge in [0.2, 0.25) is 5.91 Å². The molecule has 0 atom stereocenters. The first-order valence-electron chi connectivity index (χ1n) is 9.77. The van der Waals surface area contributed by atoms with Crippen molar-refractivity contribution in [2.45, 2.75) is 6.92 Å². The number of fused-ring (bicyclic) bond motifs is 1. The van der Waals surface area contributed by atoms with Gasteiger partial charge in [0.05, 0.1) is 16.2 Å². The SMILES string of the molecule is CC(=O)Nc1ccc(N/C=C(\C#N)c2nc(-c3cc4cc([N+](=O)[O-])ccc4oc3=O)cs2)cc1. The van der Waals surface area contributed by atoms with Gasteiger partial charge in [0, 0.05) is 47.4 Å². The zero-order chi connectivity index (χ0) is 24.2. The molecule has 10 nitrogen and oxygen atoms in total. The molecule has 1 amide bonds. The summed E-state index contributed by atoms with van der Waals surface area (Å²) < 4.78 is 5.29. The lowest BCUT2D eigenvalue weighted by Gasteiger charge is -2.04. The number of amides is 1. The molecule has 34 heavy (non-hydrogen) atoms. The maximum atomic E-state index is 12.5. The number of hydrogen-bond donors (Lipinski definition) is 2. The third-order valence-electron chi connectivity index (χ3n) is 4.65. The molecule has 4 aromatic rings. The zero-order valence-electron chi connectivity index (χ0n) is 17.6. The largest absolute Gasteiger partial charge is 0.422 e. The molecule has 2 heterocycles. The van der Waals surface area contributed by atoms with Gasteiger partial charge in [-0.15, -0.1) is 11.3 Å². The molecule has 0 aliphatic heterocycles. The van der Waals surface area contributed by atoms with E-state index in [1.165, 1.54) is 48.7 Å². The highest BCUT2D eigenvalue weighted by molar-refractivity contribution is 7.11. The zero-order valence-corrected chi connectivity index (χ0v) is 18.4. The van der Waals surface area contributed by atoms with Crippen molar-refractivity contribution < 1.29 is 14.1 Å². The quantitative estimate of drug-likeness (QED) is 0.176. The number of rotatable bonds is 6. The van der Waals surface area contributed by atoms with E-state index in [0.717, 1.165) is 0 Å². The van der Waals surface area contributed by atoms with Crippen LogP contribution in [0.5, 0.6) is 0 Å². The molecule has 0 aliphatic carbocycles. The molecular weight excluding hydrogens is 458 g/mol. The Morgan fingerprint density at radius 2 is 1.94 bits per heavy atom. The summed E-state index contributed by atoms with van der Waals surface area (Å²) in [6.45, 7) is 1.42. The number of anilines is 2. The van der Waals surface area contributed by atoms with Crippen LogP contribution in [0.1, 0.15) is 11.9 Å². The van der Waals surface area contributed by atoms with Crippen molar-refractivity contribution in [1.82, 2.24) is 4.98 Å². The van der Waals surface area contributed by atoms with E-state index in [0.29, 0.717) is 27.5 Å². The number of non-ortho nitro benzene ring substituents is 1. The fourth-order valence-corrected chi connectivity index (χ4v) is 3.86. The molecule has 168 valence electrons. The Balaban J connectivity index is 1.60. The summed E-state index contributed by atoms with van der Waals surface area (Å²) in [5, 5.41) is 28.7. The fourth-order valence-electron chi connectivity index (χ4n) is 3.07. The Kier molecular flexibility index (Phi) is 6.16. The van der Waals surface area contributed by atoms with E-state index in [1.807, 2.05) is 0 Å². The Hall–Kier alpha value is -4.82. The predicted molar refractivity (Wildman–Crippen MR) is 128 cm³/mol. The van der Waals surface area contributed by atoms with Gasteiger partial charge in [-0.05, 0) is 36.4 Å². The lowest BCUT2D eigenvalue weighted by molar-refractivity contribution is -0.384. The minimum atomic E-state index is -0.641. The van der Waals surface area contributed by atoms with Gasteiger partial charge in [0.1, 0.15) is 22.2 Å². The van der Waals surface area contributed by atoms with E-state index in [2.05, 4.69) is 21.7 Å². The number of allylic oxidation sites excluding steroid dienone is 1. The number of aromatic nitrogens is 1. The van der Waals surface area contributed by atoms with E-state index in [-0.39, 0.29) is 28.3 Å².